The third kappa shape index (κ3) is 0.932. The summed E-state index contributed by atoms with van der Waals surface area (Å²) >= 11 is 0. The lowest BCUT2D eigenvalue weighted by Gasteiger charge is -2.01. The summed E-state index contributed by atoms with van der Waals surface area (Å²) in [6, 6.07) is 4.34. The monoisotopic (exact) mass is 136 g/mol. The summed E-state index contributed by atoms with van der Waals surface area (Å²) < 4.78 is 0. The van der Waals surface area contributed by atoms with E-state index in [1.807, 2.05) is 0 Å². The molecule has 0 saturated carbocycles. The molecule has 1 rings (SSSR count). The van der Waals surface area contributed by atoms with Gasteiger partial charge in [-0.15, -0.1) is 0 Å². The number of phenols is 2. The second kappa shape index (κ2) is 2.39. The van der Waals surface area contributed by atoms with E-state index in [9.17, 15) is 0 Å². The fourth-order valence-corrected chi connectivity index (χ4v) is 0.653. The van der Waals surface area contributed by atoms with Crippen molar-refractivity contribution in [3.8, 4) is 11.5 Å². The number of hydrogen-bond donors (Lipinski definition) is 2. The predicted octanol–water partition coefficient (Wildman–Crippen LogP) is 1.09. The number of nitrogens with zero attached hydrogens (tertiary/aromatic N) is 1. The van der Waals surface area contributed by atoms with Gasteiger partial charge in [-0.1, -0.05) is 12.1 Å². The highest BCUT2D eigenvalue weighted by molar-refractivity contribution is 5.86. The highest BCUT2D eigenvalue weighted by Gasteiger charge is 1.98. The van der Waals surface area contributed by atoms with Crippen molar-refractivity contribution in [2.24, 2.45) is 0 Å². The lowest BCUT2D eigenvalue weighted by Crippen LogP contribution is -1.79. The summed E-state index contributed by atoms with van der Waals surface area (Å²) in [7, 11) is 0. The Kier molecular flexibility index (Phi) is 1.58. The molecule has 0 amide bonds. The predicted molar refractivity (Wildman–Crippen MR) is 38.3 cm³/mol. The minimum absolute atomic E-state index is 0.208. The third-order valence-corrected chi connectivity index (χ3v) is 1.19. The van der Waals surface area contributed by atoms with Crippen LogP contribution in [0.25, 0.3) is 5.41 Å². The van der Waals surface area contributed by atoms with Gasteiger partial charge in [-0.25, -0.2) is 0 Å². The first-order valence-electron chi connectivity index (χ1n) is 2.74. The van der Waals surface area contributed by atoms with Gasteiger partial charge < -0.3 is 15.6 Å². The third-order valence-electron chi connectivity index (χ3n) is 1.19. The van der Waals surface area contributed by atoms with E-state index in [2.05, 4.69) is 0 Å². The maximum atomic E-state index is 8.96. The molecule has 0 unspecified atom stereocenters. The zero-order valence-corrected chi connectivity index (χ0v) is 5.15. The number of hydrogen-bond acceptors (Lipinski definition) is 2. The van der Waals surface area contributed by atoms with Crippen LogP contribution in [0.15, 0.2) is 18.2 Å². The van der Waals surface area contributed by atoms with Crippen molar-refractivity contribution in [2.75, 3.05) is 0 Å². The normalized spacial score (nSPS) is 9.20. The molecule has 0 heterocycles. The van der Waals surface area contributed by atoms with Gasteiger partial charge in [0.15, 0.2) is 11.5 Å². The number of para-hydroxylation sites is 1. The lowest BCUT2D eigenvalue weighted by molar-refractivity contribution is 0.403. The first-order chi connectivity index (χ1) is 4.75. The van der Waals surface area contributed by atoms with Crippen LogP contribution in [0.5, 0.6) is 11.5 Å². The molecular formula is C7H6NO2-. The first-order valence-corrected chi connectivity index (χ1v) is 2.74. The van der Waals surface area contributed by atoms with Crippen LogP contribution in [0.3, 0.4) is 0 Å². The highest BCUT2D eigenvalue weighted by atomic mass is 16.3. The van der Waals surface area contributed by atoms with Crippen LogP contribution in [0, 0.1) is 0 Å². The molecule has 3 nitrogen and oxygen atoms in total. The summed E-state index contributed by atoms with van der Waals surface area (Å²) in [6.45, 7) is 0. The molecule has 0 radical (unpaired) electrons. The maximum Gasteiger partial charge on any atom is 0.162 e. The molecule has 0 aliphatic heterocycles. The Bertz CT molecular complexity index is 258. The van der Waals surface area contributed by atoms with Crippen molar-refractivity contribution in [2.45, 2.75) is 0 Å². The number of rotatable bonds is 1. The molecule has 0 aliphatic carbocycles. The molecule has 0 saturated heterocycles. The maximum absolute atomic E-state index is 8.96. The fourth-order valence-electron chi connectivity index (χ4n) is 0.653. The molecule has 52 valence electrons. The van der Waals surface area contributed by atoms with Crippen LogP contribution in [-0.2, 0) is 0 Å². The van der Waals surface area contributed by atoms with E-state index in [0.29, 0.717) is 0 Å². The van der Waals surface area contributed by atoms with Crippen molar-refractivity contribution >= 4 is 6.21 Å². The van der Waals surface area contributed by atoms with Crippen molar-refractivity contribution in [1.82, 2.24) is 0 Å². The summed E-state index contributed by atoms with van der Waals surface area (Å²) in [5, 5.41) is 26.3. The van der Waals surface area contributed by atoms with Crippen LogP contribution in [-0.4, -0.2) is 16.4 Å². The van der Waals surface area contributed by atoms with E-state index in [-0.39, 0.29) is 17.1 Å². The summed E-state index contributed by atoms with van der Waals surface area (Å²) in [5.41, 5.74) is 0.208. The van der Waals surface area contributed by atoms with Crippen LogP contribution in [0.4, 0.5) is 0 Å². The van der Waals surface area contributed by atoms with Crippen molar-refractivity contribution < 1.29 is 10.2 Å². The van der Waals surface area contributed by atoms with Crippen LogP contribution in [0.2, 0.25) is 0 Å². The topological polar surface area (TPSA) is 62.8 Å². The molecule has 0 spiro atoms. The average Bonchev–Trinajstić information content (AvgIpc) is 1.95. The lowest BCUT2D eigenvalue weighted by atomic mass is 10.2. The fraction of sp³-hybridized carbons (Fsp3) is 0. The molecule has 1 aromatic rings. The Morgan fingerprint density at radius 1 is 1.30 bits per heavy atom. The van der Waals surface area contributed by atoms with Crippen molar-refractivity contribution in [3.05, 3.63) is 29.2 Å². The zero-order valence-electron chi connectivity index (χ0n) is 5.15. The Morgan fingerprint density at radius 2 is 2.00 bits per heavy atom. The van der Waals surface area contributed by atoms with Gasteiger partial charge in [-0.3, -0.25) is 0 Å². The largest absolute Gasteiger partial charge is 0.810 e. The Balaban J connectivity index is 3.27. The molecule has 0 atom stereocenters. The average molecular weight is 136 g/mol. The van der Waals surface area contributed by atoms with Gasteiger partial charge in [0.2, 0.25) is 0 Å². The van der Waals surface area contributed by atoms with Crippen molar-refractivity contribution in [3.63, 3.8) is 0 Å². The second-order valence-electron chi connectivity index (χ2n) is 1.84. The molecule has 2 N–H and O–H groups in total. The highest BCUT2D eigenvalue weighted by Crippen LogP contribution is 2.26. The smallest absolute Gasteiger partial charge is 0.162 e. The molecule has 3 heteroatoms. The minimum atomic E-state index is -0.301. The first kappa shape index (κ1) is 6.61. The molecule has 0 fully saturated rings. The van der Waals surface area contributed by atoms with Gasteiger partial charge >= 0.3 is 0 Å². The zero-order chi connectivity index (χ0) is 7.56. The second-order valence-corrected chi connectivity index (χ2v) is 1.84. The minimum Gasteiger partial charge on any atom is -0.810 e. The van der Waals surface area contributed by atoms with Gasteiger partial charge in [0, 0.05) is 0 Å². The van der Waals surface area contributed by atoms with Gasteiger partial charge in [0.1, 0.15) is 0 Å². The van der Waals surface area contributed by atoms with Gasteiger partial charge in [-0.05, 0) is 11.6 Å². The summed E-state index contributed by atoms with van der Waals surface area (Å²) in [4.78, 5) is 0. The Hall–Kier alpha value is -1.51. The molecule has 10 heavy (non-hydrogen) atoms. The molecule has 0 aromatic heterocycles. The van der Waals surface area contributed by atoms with E-state index >= 15 is 0 Å². The van der Waals surface area contributed by atoms with Crippen LogP contribution < -0.4 is 0 Å². The van der Waals surface area contributed by atoms with Gasteiger partial charge in [0.05, 0.1) is 0 Å². The molecule has 0 aliphatic rings. The van der Waals surface area contributed by atoms with E-state index in [0.717, 1.165) is 6.21 Å². The van der Waals surface area contributed by atoms with Gasteiger partial charge in [-0.2, -0.15) is 6.21 Å². The Morgan fingerprint density at radius 3 is 2.50 bits per heavy atom. The van der Waals surface area contributed by atoms with Gasteiger partial charge in [0.25, 0.3) is 0 Å². The quantitative estimate of drug-likeness (QED) is 0.448. The van der Waals surface area contributed by atoms with Crippen molar-refractivity contribution in [1.29, 1.82) is 0 Å². The van der Waals surface area contributed by atoms with E-state index in [1.54, 1.807) is 0 Å². The van der Waals surface area contributed by atoms with E-state index in [4.69, 9.17) is 15.6 Å². The van der Waals surface area contributed by atoms with Crippen LogP contribution in [0.1, 0.15) is 5.56 Å². The van der Waals surface area contributed by atoms with E-state index < -0.39 is 0 Å². The Labute approximate surface area is 58.1 Å². The molecule has 0 bridgehead atoms. The molecular weight excluding hydrogens is 130 g/mol. The summed E-state index contributed by atoms with van der Waals surface area (Å²) in [6.07, 6.45) is 0.731. The number of benzene rings is 1. The van der Waals surface area contributed by atoms with E-state index in [1.165, 1.54) is 18.2 Å². The molecule has 1 aromatic carbocycles. The number of aromatic hydroxyl groups is 2. The van der Waals surface area contributed by atoms with Crippen LogP contribution >= 0.6 is 0 Å². The summed E-state index contributed by atoms with van der Waals surface area (Å²) in [5.74, 6) is -0.534. The SMILES string of the molecule is [N-]=Cc1cccc(O)c1O. The number of phenolic OH excluding ortho intramolecular Hbond substituents is 2. The standard InChI is InChI=1S/C7H6NO2/c8-4-5-2-1-3-6(9)7(5)10/h1-4,9-10H/q-1.